The normalized spacial score (nSPS) is 15.3. The number of carbonyl (C=O) groups excluding carboxylic acids is 2. The molecule has 1 atom stereocenters. The summed E-state index contributed by atoms with van der Waals surface area (Å²) in [5.41, 5.74) is 12.1. The molecule has 1 fully saturated rings. The van der Waals surface area contributed by atoms with E-state index in [2.05, 4.69) is 25.4 Å². The van der Waals surface area contributed by atoms with Gasteiger partial charge in [0.05, 0.1) is 12.6 Å². The van der Waals surface area contributed by atoms with E-state index >= 15 is 0 Å². The van der Waals surface area contributed by atoms with Crippen molar-refractivity contribution in [2.75, 3.05) is 30.7 Å². The van der Waals surface area contributed by atoms with Crippen LogP contribution in [-0.4, -0.2) is 47.4 Å². The zero-order chi connectivity index (χ0) is 21.5. The molecule has 0 aliphatic carbocycles. The van der Waals surface area contributed by atoms with Gasteiger partial charge in [-0.1, -0.05) is 12.1 Å². The Morgan fingerprint density at radius 3 is 2.57 bits per heavy atom. The van der Waals surface area contributed by atoms with Crippen LogP contribution < -0.4 is 21.5 Å². The minimum Gasteiger partial charge on any atom is -0.423 e. The Morgan fingerprint density at radius 1 is 1.17 bits per heavy atom. The Kier molecular flexibility index (Phi) is 7.04. The van der Waals surface area contributed by atoms with Gasteiger partial charge in [0, 0.05) is 0 Å². The number of nitrogens with one attached hydrogen (secondary N) is 1. The lowest BCUT2D eigenvalue weighted by atomic mass is 10.3. The summed E-state index contributed by atoms with van der Waals surface area (Å²) >= 11 is 0. The summed E-state index contributed by atoms with van der Waals surface area (Å²) in [6.45, 7) is 3.63. The van der Waals surface area contributed by atoms with Crippen molar-refractivity contribution in [1.82, 2.24) is 9.88 Å². The number of azo groups is 1. The molecule has 2 aromatic rings. The summed E-state index contributed by atoms with van der Waals surface area (Å²) in [6, 6.07) is 9.31. The van der Waals surface area contributed by atoms with Crippen molar-refractivity contribution in [3.63, 3.8) is 0 Å². The van der Waals surface area contributed by atoms with E-state index in [1.54, 1.807) is 43.3 Å². The third kappa shape index (κ3) is 5.82. The molecule has 0 unspecified atom stereocenters. The predicted molar refractivity (Wildman–Crippen MR) is 113 cm³/mol. The van der Waals surface area contributed by atoms with E-state index in [-0.39, 0.29) is 30.1 Å². The lowest BCUT2D eigenvalue weighted by Gasteiger charge is -2.13. The zero-order valence-corrected chi connectivity index (χ0v) is 16.7. The van der Waals surface area contributed by atoms with Crippen LogP contribution in [0.15, 0.2) is 46.6 Å². The number of para-hydroxylation sites is 1. The standard InChI is InChI=1S/C20H25N7O3/c1-13(21)20(29)24-17-9-8-15(19(22)23-17)26-25-14-6-2-3-7-16(14)30-18(28)12-27-10-4-5-11-27/h2-3,6-9,13H,4-5,10-12,21H2,1H3,(H3,22,23,24,29)/b26-25+/t13-/m0/s1. The Bertz CT molecular complexity index is 940. The molecule has 10 heteroatoms. The van der Waals surface area contributed by atoms with E-state index in [9.17, 15) is 9.59 Å². The highest BCUT2D eigenvalue weighted by Gasteiger charge is 2.17. The second-order valence-corrected chi connectivity index (χ2v) is 7.00. The summed E-state index contributed by atoms with van der Waals surface area (Å²) in [4.78, 5) is 30.0. The Labute approximate surface area is 174 Å². The highest BCUT2D eigenvalue weighted by Crippen LogP contribution is 2.30. The minimum atomic E-state index is -0.669. The molecule has 158 valence electrons. The van der Waals surface area contributed by atoms with Crippen molar-refractivity contribution < 1.29 is 14.3 Å². The number of amides is 1. The van der Waals surface area contributed by atoms with E-state index < -0.39 is 6.04 Å². The van der Waals surface area contributed by atoms with Gasteiger partial charge in [-0.3, -0.25) is 14.5 Å². The van der Waals surface area contributed by atoms with Crippen molar-refractivity contribution in [3.8, 4) is 5.75 Å². The van der Waals surface area contributed by atoms with Gasteiger partial charge in [0.25, 0.3) is 0 Å². The lowest BCUT2D eigenvalue weighted by Crippen LogP contribution is -2.32. The second-order valence-electron chi connectivity index (χ2n) is 7.00. The monoisotopic (exact) mass is 411 g/mol. The average molecular weight is 411 g/mol. The summed E-state index contributed by atoms with van der Waals surface area (Å²) in [5, 5.41) is 10.8. The fourth-order valence-corrected chi connectivity index (χ4v) is 2.87. The molecule has 0 radical (unpaired) electrons. The molecule has 0 spiro atoms. The molecule has 1 aliphatic rings. The quantitative estimate of drug-likeness (QED) is 0.360. The number of nitrogens with two attached hydrogens (primary N) is 2. The van der Waals surface area contributed by atoms with Crippen LogP contribution in [0.2, 0.25) is 0 Å². The van der Waals surface area contributed by atoms with Crippen molar-refractivity contribution in [1.29, 1.82) is 0 Å². The summed E-state index contributed by atoms with van der Waals surface area (Å²) in [7, 11) is 0. The number of aromatic nitrogens is 1. The van der Waals surface area contributed by atoms with Crippen molar-refractivity contribution in [3.05, 3.63) is 36.4 Å². The molecule has 30 heavy (non-hydrogen) atoms. The van der Waals surface area contributed by atoms with E-state index in [1.807, 2.05) is 0 Å². The second kappa shape index (κ2) is 9.90. The summed E-state index contributed by atoms with van der Waals surface area (Å²) in [6.07, 6.45) is 2.20. The molecule has 3 rings (SSSR count). The summed E-state index contributed by atoms with van der Waals surface area (Å²) < 4.78 is 5.47. The summed E-state index contributed by atoms with van der Waals surface area (Å²) in [5.74, 6) is -0.0385. The van der Waals surface area contributed by atoms with Crippen LogP contribution in [0.1, 0.15) is 19.8 Å². The molecule has 5 N–H and O–H groups in total. The van der Waals surface area contributed by atoms with Crippen molar-refractivity contribution in [2.24, 2.45) is 16.0 Å². The smallest absolute Gasteiger partial charge is 0.325 e. The molecule has 2 heterocycles. The Hall–Kier alpha value is -3.37. The SMILES string of the molecule is C[C@H](N)C(=O)Nc1ccc(/N=N/c2ccccc2OC(=O)CN2CCCC2)c(N)n1. The molecule has 1 aliphatic heterocycles. The van der Waals surface area contributed by atoms with Crippen LogP contribution in [0.5, 0.6) is 5.75 Å². The average Bonchev–Trinajstić information content (AvgIpc) is 3.21. The number of esters is 1. The van der Waals surface area contributed by atoms with Crippen molar-refractivity contribution >= 4 is 34.9 Å². The van der Waals surface area contributed by atoms with Gasteiger partial charge in [-0.2, -0.15) is 0 Å². The first-order valence-electron chi connectivity index (χ1n) is 9.69. The largest absolute Gasteiger partial charge is 0.423 e. The predicted octanol–water partition coefficient (Wildman–Crippen LogP) is 2.37. The number of rotatable bonds is 7. The van der Waals surface area contributed by atoms with E-state index in [0.717, 1.165) is 25.9 Å². The fourth-order valence-electron chi connectivity index (χ4n) is 2.87. The van der Waals surface area contributed by atoms with E-state index in [1.165, 1.54) is 0 Å². The number of carbonyl (C=O) groups is 2. The topological polar surface area (TPSA) is 148 Å². The zero-order valence-electron chi connectivity index (χ0n) is 16.7. The number of nitrogens with zero attached hydrogens (tertiary/aromatic N) is 4. The number of anilines is 2. The number of ether oxygens (including phenoxy) is 1. The van der Waals surface area contributed by atoms with Crippen LogP contribution in [0, 0.1) is 0 Å². The fraction of sp³-hybridized carbons (Fsp3) is 0.350. The van der Waals surface area contributed by atoms with E-state index in [0.29, 0.717) is 17.1 Å². The van der Waals surface area contributed by atoms with Crippen LogP contribution in [-0.2, 0) is 9.59 Å². The third-order valence-electron chi connectivity index (χ3n) is 4.47. The number of hydrogen-bond acceptors (Lipinski definition) is 9. The van der Waals surface area contributed by atoms with E-state index in [4.69, 9.17) is 16.2 Å². The molecular weight excluding hydrogens is 386 g/mol. The molecule has 1 saturated heterocycles. The Balaban J connectivity index is 1.68. The molecule has 0 saturated carbocycles. The first kappa shape index (κ1) is 21.3. The number of benzene rings is 1. The lowest BCUT2D eigenvalue weighted by molar-refractivity contribution is -0.135. The van der Waals surface area contributed by atoms with Crippen LogP contribution >= 0.6 is 0 Å². The van der Waals surface area contributed by atoms with Gasteiger partial charge in [0.2, 0.25) is 5.91 Å². The van der Waals surface area contributed by atoms with Crippen LogP contribution in [0.4, 0.5) is 23.0 Å². The molecule has 1 aromatic heterocycles. The Morgan fingerprint density at radius 2 is 1.87 bits per heavy atom. The van der Waals surface area contributed by atoms with Gasteiger partial charge >= 0.3 is 5.97 Å². The maximum absolute atomic E-state index is 12.2. The molecular formula is C20H25N7O3. The minimum absolute atomic E-state index is 0.0877. The van der Waals surface area contributed by atoms with Gasteiger partial charge in [-0.25, -0.2) is 4.98 Å². The first-order chi connectivity index (χ1) is 14.4. The van der Waals surface area contributed by atoms with Gasteiger partial charge < -0.3 is 21.5 Å². The number of hydrogen-bond donors (Lipinski definition) is 3. The third-order valence-corrected chi connectivity index (χ3v) is 4.47. The number of likely N-dealkylation sites (tertiary alicyclic amines) is 1. The highest BCUT2D eigenvalue weighted by molar-refractivity contribution is 5.93. The number of pyridine rings is 1. The number of nitrogen functional groups attached to an aromatic ring is 1. The van der Waals surface area contributed by atoms with Crippen LogP contribution in [0.3, 0.4) is 0 Å². The van der Waals surface area contributed by atoms with Gasteiger partial charge in [0.1, 0.15) is 17.2 Å². The van der Waals surface area contributed by atoms with Crippen LogP contribution in [0.25, 0.3) is 0 Å². The highest BCUT2D eigenvalue weighted by atomic mass is 16.5. The first-order valence-corrected chi connectivity index (χ1v) is 9.69. The molecule has 1 amide bonds. The molecule has 0 bridgehead atoms. The molecule has 10 nitrogen and oxygen atoms in total. The van der Waals surface area contributed by atoms with Gasteiger partial charge in [-0.15, -0.1) is 10.2 Å². The molecule has 1 aromatic carbocycles. The van der Waals surface area contributed by atoms with Gasteiger partial charge in [-0.05, 0) is 57.1 Å². The van der Waals surface area contributed by atoms with Crippen molar-refractivity contribution in [2.45, 2.75) is 25.8 Å². The van der Waals surface area contributed by atoms with Gasteiger partial charge in [0.15, 0.2) is 11.6 Å². The maximum Gasteiger partial charge on any atom is 0.325 e. The maximum atomic E-state index is 12.2.